The van der Waals surface area contributed by atoms with Gasteiger partial charge < -0.3 is 4.90 Å². The van der Waals surface area contributed by atoms with Crippen molar-refractivity contribution in [3.8, 4) is 0 Å². The Labute approximate surface area is 84.8 Å². The number of aromatic nitrogens is 1. The van der Waals surface area contributed by atoms with Gasteiger partial charge in [0.05, 0.1) is 0 Å². The third kappa shape index (κ3) is 2.44. The van der Waals surface area contributed by atoms with Crippen LogP contribution in [-0.2, 0) is 0 Å². The highest BCUT2D eigenvalue weighted by molar-refractivity contribution is 5.37. The van der Waals surface area contributed by atoms with Crippen LogP contribution in [0.15, 0.2) is 18.2 Å². The van der Waals surface area contributed by atoms with Crippen LogP contribution in [-0.4, -0.2) is 18.1 Å². The molecule has 0 aliphatic rings. The predicted molar refractivity (Wildman–Crippen MR) is 56.9 cm³/mol. The Hall–Kier alpha value is -1.12. The number of halogens is 1. The van der Waals surface area contributed by atoms with E-state index in [0.29, 0.717) is 17.8 Å². The molecule has 0 aromatic carbocycles. The summed E-state index contributed by atoms with van der Waals surface area (Å²) in [4.78, 5) is 5.83. The second-order valence-electron chi connectivity index (χ2n) is 3.91. The number of nitrogens with zero attached hydrogens (tertiary/aromatic N) is 2. The highest BCUT2D eigenvalue weighted by Gasteiger charge is 2.14. The summed E-state index contributed by atoms with van der Waals surface area (Å²) in [5, 5.41) is 0. The van der Waals surface area contributed by atoms with E-state index in [2.05, 4.69) is 25.8 Å². The van der Waals surface area contributed by atoms with Gasteiger partial charge in [0.2, 0.25) is 5.95 Å². The Balaban J connectivity index is 2.83. The van der Waals surface area contributed by atoms with Crippen LogP contribution in [0.25, 0.3) is 0 Å². The molecule has 0 fully saturated rings. The molecule has 1 atom stereocenters. The standard InChI is InChI=1S/C11H17FN2/c1-8(2)9(3)14(4)11-7-5-6-10(12)13-11/h5-9H,1-4H3. The fourth-order valence-electron chi connectivity index (χ4n) is 1.25. The van der Waals surface area contributed by atoms with E-state index in [1.807, 2.05) is 18.0 Å². The van der Waals surface area contributed by atoms with Crippen LogP contribution >= 0.6 is 0 Å². The average Bonchev–Trinajstić information content (AvgIpc) is 2.15. The van der Waals surface area contributed by atoms with Gasteiger partial charge in [0.1, 0.15) is 5.82 Å². The molecule has 1 heterocycles. The Morgan fingerprint density at radius 1 is 1.29 bits per heavy atom. The second-order valence-corrected chi connectivity index (χ2v) is 3.91. The molecule has 0 amide bonds. The molecule has 0 radical (unpaired) electrons. The largest absolute Gasteiger partial charge is 0.357 e. The topological polar surface area (TPSA) is 16.1 Å². The molecule has 14 heavy (non-hydrogen) atoms. The van der Waals surface area contributed by atoms with E-state index in [1.165, 1.54) is 6.07 Å². The van der Waals surface area contributed by atoms with Crippen molar-refractivity contribution in [1.29, 1.82) is 0 Å². The molecule has 1 aromatic rings. The van der Waals surface area contributed by atoms with E-state index in [4.69, 9.17) is 0 Å². The Morgan fingerprint density at radius 3 is 2.43 bits per heavy atom. The third-order valence-electron chi connectivity index (χ3n) is 2.64. The number of hydrogen-bond donors (Lipinski definition) is 0. The quantitative estimate of drug-likeness (QED) is 0.691. The van der Waals surface area contributed by atoms with Gasteiger partial charge >= 0.3 is 0 Å². The van der Waals surface area contributed by atoms with Gasteiger partial charge in [-0.15, -0.1) is 0 Å². The van der Waals surface area contributed by atoms with Gasteiger partial charge in [-0.3, -0.25) is 0 Å². The van der Waals surface area contributed by atoms with Crippen LogP contribution in [0.2, 0.25) is 0 Å². The monoisotopic (exact) mass is 196 g/mol. The summed E-state index contributed by atoms with van der Waals surface area (Å²) in [6.45, 7) is 6.39. The van der Waals surface area contributed by atoms with Gasteiger partial charge in [0.25, 0.3) is 0 Å². The first-order chi connectivity index (χ1) is 6.52. The van der Waals surface area contributed by atoms with E-state index < -0.39 is 5.95 Å². The number of hydrogen-bond acceptors (Lipinski definition) is 2. The van der Waals surface area contributed by atoms with Crippen molar-refractivity contribution < 1.29 is 4.39 Å². The summed E-state index contributed by atoms with van der Waals surface area (Å²) in [5.41, 5.74) is 0. The van der Waals surface area contributed by atoms with E-state index in [1.54, 1.807) is 6.07 Å². The summed E-state index contributed by atoms with van der Waals surface area (Å²) >= 11 is 0. The lowest BCUT2D eigenvalue weighted by Crippen LogP contribution is -2.33. The highest BCUT2D eigenvalue weighted by Crippen LogP contribution is 2.16. The zero-order chi connectivity index (χ0) is 10.7. The molecule has 2 nitrogen and oxygen atoms in total. The van der Waals surface area contributed by atoms with Crippen LogP contribution in [0.3, 0.4) is 0 Å². The Bertz CT molecular complexity index is 299. The van der Waals surface area contributed by atoms with Gasteiger partial charge in [-0.1, -0.05) is 19.9 Å². The molecule has 0 N–H and O–H groups in total. The minimum absolute atomic E-state index is 0.351. The molecule has 1 aromatic heterocycles. The first-order valence-corrected chi connectivity index (χ1v) is 4.87. The lowest BCUT2D eigenvalue weighted by atomic mass is 10.1. The van der Waals surface area contributed by atoms with Crippen LogP contribution in [0.5, 0.6) is 0 Å². The zero-order valence-corrected chi connectivity index (χ0v) is 9.16. The Morgan fingerprint density at radius 2 is 1.93 bits per heavy atom. The minimum Gasteiger partial charge on any atom is -0.357 e. The first-order valence-electron chi connectivity index (χ1n) is 4.87. The molecule has 1 rings (SSSR count). The highest BCUT2D eigenvalue weighted by atomic mass is 19.1. The fourth-order valence-corrected chi connectivity index (χ4v) is 1.25. The number of anilines is 1. The van der Waals surface area contributed by atoms with E-state index in [-0.39, 0.29) is 0 Å². The third-order valence-corrected chi connectivity index (χ3v) is 2.64. The summed E-state index contributed by atoms with van der Waals surface area (Å²) in [6, 6.07) is 5.21. The van der Waals surface area contributed by atoms with Gasteiger partial charge in [-0.05, 0) is 25.0 Å². The van der Waals surface area contributed by atoms with Crippen molar-refractivity contribution in [3.63, 3.8) is 0 Å². The first kappa shape index (κ1) is 11.0. The number of pyridine rings is 1. The maximum Gasteiger partial charge on any atom is 0.214 e. The fraction of sp³-hybridized carbons (Fsp3) is 0.545. The maximum atomic E-state index is 12.9. The SMILES string of the molecule is CC(C)C(C)N(C)c1cccc(F)n1. The Kier molecular flexibility index (Phi) is 3.44. The molecule has 0 aliphatic heterocycles. The van der Waals surface area contributed by atoms with Crippen molar-refractivity contribution in [3.05, 3.63) is 24.1 Å². The van der Waals surface area contributed by atoms with Gasteiger partial charge in [0, 0.05) is 13.1 Å². The second kappa shape index (κ2) is 4.40. The molecule has 0 saturated carbocycles. The van der Waals surface area contributed by atoms with E-state index in [9.17, 15) is 4.39 Å². The van der Waals surface area contributed by atoms with Crippen LogP contribution < -0.4 is 4.90 Å². The lowest BCUT2D eigenvalue weighted by molar-refractivity contribution is 0.498. The van der Waals surface area contributed by atoms with E-state index in [0.717, 1.165) is 0 Å². The van der Waals surface area contributed by atoms with Crippen molar-refractivity contribution in [2.75, 3.05) is 11.9 Å². The van der Waals surface area contributed by atoms with E-state index >= 15 is 0 Å². The normalized spacial score (nSPS) is 13.0. The van der Waals surface area contributed by atoms with Gasteiger partial charge in [-0.25, -0.2) is 4.98 Å². The van der Waals surface area contributed by atoms with Crippen LogP contribution in [0.1, 0.15) is 20.8 Å². The number of rotatable bonds is 3. The molecular weight excluding hydrogens is 179 g/mol. The molecule has 0 spiro atoms. The molecule has 3 heteroatoms. The summed E-state index contributed by atoms with van der Waals surface area (Å²) in [6.07, 6.45) is 0. The molecule has 0 saturated heterocycles. The average molecular weight is 196 g/mol. The maximum absolute atomic E-state index is 12.9. The van der Waals surface area contributed by atoms with Crippen molar-refractivity contribution >= 4 is 5.82 Å². The van der Waals surface area contributed by atoms with Crippen molar-refractivity contribution in [2.24, 2.45) is 5.92 Å². The molecule has 0 aliphatic carbocycles. The van der Waals surface area contributed by atoms with Crippen molar-refractivity contribution in [1.82, 2.24) is 4.98 Å². The van der Waals surface area contributed by atoms with Crippen LogP contribution in [0.4, 0.5) is 10.2 Å². The lowest BCUT2D eigenvalue weighted by Gasteiger charge is -2.28. The minimum atomic E-state index is -0.426. The van der Waals surface area contributed by atoms with Gasteiger partial charge in [-0.2, -0.15) is 4.39 Å². The molecule has 1 unspecified atom stereocenters. The molecule has 78 valence electrons. The van der Waals surface area contributed by atoms with Crippen molar-refractivity contribution in [2.45, 2.75) is 26.8 Å². The predicted octanol–water partition coefficient (Wildman–Crippen LogP) is 2.70. The zero-order valence-electron chi connectivity index (χ0n) is 9.16. The molecule has 0 bridgehead atoms. The summed E-state index contributed by atoms with van der Waals surface area (Å²) < 4.78 is 12.9. The van der Waals surface area contributed by atoms with Gasteiger partial charge in [0.15, 0.2) is 0 Å². The molecular formula is C11H17FN2. The van der Waals surface area contributed by atoms with Crippen LogP contribution in [0, 0.1) is 11.9 Å². The smallest absolute Gasteiger partial charge is 0.214 e. The summed E-state index contributed by atoms with van der Waals surface area (Å²) in [5.74, 6) is 0.779. The summed E-state index contributed by atoms with van der Waals surface area (Å²) in [7, 11) is 1.94.